The molecule has 2 rings (SSSR count). The summed E-state index contributed by atoms with van der Waals surface area (Å²) in [6.07, 6.45) is 1.96. The van der Waals surface area contributed by atoms with E-state index in [-0.39, 0.29) is 0 Å². The zero-order chi connectivity index (χ0) is 10.7. The van der Waals surface area contributed by atoms with E-state index in [1.54, 1.807) is 0 Å². The number of hydrogen-bond acceptors (Lipinski definition) is 2. The Morgan fingerprint density at radius 2 is 1.93 bits per heavy atom. The number of nitrogens with zero attached hydrogens (tertiary/aromatic N) is 2. The van der Waals surface area contributed by atoms with Gasteiger partial charge in [0.15, 0.2) is 0 Å². The molecular formula is C12H15N3. The standard InChI is InChI=1S/C12H15N3/c1-13-9-10-3-5-11(6-4-10)12-7-8-15(2)14-12/h3-8,13H,9H2,1-2H3. The average molecular weight is 201 g/mol. The van der Waals surface area contributed by atoms with Crippen LogP contribution in [-0.4, -0.2) is 16.8 Å². The number of benzene rings is 1. The maximum absolute atomic E-state index is 4.36. The van der Waals surface area contributed by atoms with Crippen molar-refractivity contribution in [3.8, 4) is 11.3 Å². The van der Waals surface area contributed by atoms with Crippen molar-refractivity contribution in [3.05, 3.63) is 42.1 Å². The van der Waals surface area contributed by atoms with Gasteiger partial charge in [-0.2, -0.15) is 5.10 Å². The van der Waals surface area contributed by atoms with Crippen molar-refractivity contribution in [1.29, 1.82) is 0 Å². The summed E-state index contributed by atoms with van der Waals surface area (Å²) >= 11 is 0. The molecule has 1 N–H and O–H groups in total. The largest absolute Gasteiger partial charge is 0.316 e. The van der Waals surface area contributed by atoms with Crippen LogP contribution in [0.3, 0.4) is 0 Å². The van der Waals surface area contributed by atoms with Gasteiger partial charge in [0.2, 0.25) is 0 Å². The highest BCUT2D eigenvalue weighted by molar-refractivity contribution is 5.58. The summed E-state index contributed by atoms with van der Waals surface area (Å²) in [6, 6.07) is 10.5. The van der Waals surface area contributed by atoms with Crippen molar-refractivity contribution < 1.29 is 0 Å². The predicted octanol–water partition coefficient (Wildman–Crippen LogP) is 1.81. The molecule has 0 aliphatic carbocycles. The molecule has 0 aliphatic rings. The lowest BCUT2D eigenvalue weighted by Crippen LogP contribution is -2.04. The van der Waals surface area contributed by atoms with Crippen LogP contribution in [0.15, 0.2) is 36.5 Å². The van der Waals surface area contributed by atoms with Gasteiger partial charge in [-0.05, 0) is 18.7 Å². The fourth-order valence-electron chi connectivity index (χ4n) is 1.57. The Morgan fingerprint density at radius 1 is 1.20 bits per heavy atom. The second kappa shape index (κ2) is 4.28. The zero-order valence-electron chi connectivity index (χ0n) is 9.07. The van der Waals surface area contributed by atoms with Gasteiger partial charge >= 0.3 is 0 Å². The Labute approximate surface area is 89.7 Å². The van der Waals surface area contributed by atoms with Crippen molar-refractivity contribution in [2.75, 3.05) is 7.05 Å². The fraction of sp³-hybridized carbons (Fsp3) is 0.250. The quantitative estimate of drug-likeness (QED) is 0.820. The van der Waals surface area contributed by atoms with Crippen molar-refractivity contribution in [2.24, 2.45) is 7.05 Å². The van der Waals surface area contributed by atoms with Gasteiger partial charge < -0.3 is 5.32 Å². The van der Waals surface area contributed by atoms with Crippen LogP contribution in [-0.2, 0) is 13.6 Å². The first-order chi connectivity index (χ1) is 7.29. The van der Waals surface area contributed by atoms with Crippen LogP contribution < -0.4 is 5.32 Å². The van der Waals surface area contributed by atoms with Crippen LogP contribution in [0.2, 0.25) is 0 Å². The number of aryl methyl sites for hydroxylation is 1. The van der Waals surface area contributed by atoms with Crippen molar-refractivity contribution in [2.45, 2.75) is 6.54 Å². The Hall–Kier alpha value is -1.61. The van der Waals surface area contributed by atoms with Crippen molar-refractivity contribution >= 4 is 0 Å². The second-order valence-electron chi connectivity index (χ2n) is 3.60. The molecule has 0 bridgehead atoms. The van der Waals surface area contributed by atoms with Crippen LogP contribution in [0.1, 0.15) is 5.56 Å². The summed E-state index contributed by atoms with van der Waals surface area (Å²) in [5.74, 6) is 0. The van der Waals surface area contributed by atoms with Gasteiger partial charge in [0, 0.05) is 25.4 Å². The number of rotatable bonds is 3. The minimum absolute atomic E-state index is 0.905. The first kappa shape index (κ1) is 9.93. The minimum Gasteiger partial charge on any atom is -0.316 e. The number of aromatic nitrogens is 2. The van der Waals surface area contributed by atoms with E-state index in [0.717, 1.165) is 17.8 Å². The third-order valence-corrected chi connectivity index (χ3v) is 2.34. The van der Waals surface area contributed by atoms with E-state index < -0.39 is 0 Å². The summed E-state index contributed by atoms with van der Waals surface area (Å²) < 4.78 is 1.82. The molecule has 0 atom stereocenters. The van der Waals surface area contributed by atoms with Gasteiger partial charge in [0.25, 0.3) is 0 Å². The molecule has 1 aromatic carbocycles. The molecule has 0 saturated heterocycles. The number of hydrogen-bond donors (Lipinski definition) is 1. The third-order valence-electron chi connectivity index (χ3n) is 2.34. The fourth-order valence-corrected chi connectivity index (χ4v) is 1.57. The zero-order valence-corrected chi connectivity index (χ0v) is 9.07. The molecule has 0 saturated carbocycles. The summed E-state index contributed by atoms with van der Waals surface area (Å²) in [5, 5.41) is 7.49. The Bertz CT molecular complexity index is 428. The minimum atomic E-state index is 0.905. The van der Waals surface area contributed by atoms with Gasteiger partial charge in [-0.25, -0.2) is 0 Å². The summed E-state index contributed by atoms with van der Waals surface area (Å²) in [7, 11) is 3.88. The van der Waals surface area contributed by atoms with E-state index in [9.17, 15) is 0 Å². The predicted molar refractivity (Wildman–Crippen MR) is 61.4 cm³/mol. The van der Waals surface area contributed by atoms with Gasteiger partial charge in [0.1, 0.15) is 0 Å². The van der Waals surface area contributed by atoms with Crippen molar-refractivity contribution in [1.82, 2.24) is 15.1 Å². The van der Waals surface area contributed by atoms with Gasteiger partial charge in [-0.15, -0.1) is 0 Å². The molecular weight excluding hydrogens is 186 g/mol. The molecule has 0 amide bonds. The lowest BCUT2D eigenvalue weighted by atomic mass is 10.1. The monoisotopic (exact) mass is 201 g/mol. The molecule has 0 radical (unpaired) electrons. The maximum Gasteiger partial charge on any atom is 0.0923 e. The molecule has 15 heavy (non-hydrogen) atoms. The molecule has 1 heterocycles. The highest BCUT2D eigenvalue weighted by atomic mass is 15.2. The second-order valence-corrected chi connectivity index (χ2v) is 3.60. The van der Waals surface area contributed by atoms with Crippen LogP contribution in [0.25, 0.3) is 11.3 Å². The summed E-state index contributed by atoms with van der Waals surface area (Å²) in [4.78, 5) is 0. The average Bonchev–Trinajstić information content (AvgIpc) is 2.67. The first-order valence-corrected chi connectivity index (χ1v) is 5.03. The lowest BCUT2D eigenvalue weighted by Gasteiger charge is -2.01. The normalized spacial score (nSPS) is 10.5. The van der Waals surface area contributed by atoms with E-state index in [4.69, 9.17) is 0 Å². The van der Waals surface area contributed by atoms with Crippen LogP contribution in [0, 0.1) is 0 Å². The molecule has 0 fully saturated rings. The maximum atomic E-state index is 4.36. The molecule has 2 aromatic rings. The molecule has 0 aliphatic heterocycles. The van der Waals surface area contributed by atoms with E-state index >= 15 is 0 Å². The van der Waals surface area contributed by atoms with E-state index in [2.05, 4.69) is 34.7 Å². The SMILES string of the molecule is CNCc1ccc(-c2ccn(C)n2)cc1. The molecule has 3 nitrogen and oxygen atoms in total. The van der Waals surface area contributed by atoms with E-state index in [0.29, 0.717) is 0 Å². The van der Waals surface area contributed by atoms with Gasteiger partial charge in [-0.3, -0.25) is 4.68 Å². The topological polar surface area (TPSA) is 29.9 Å². The molecule has 78 valence electrons. The lowest BCUT2D eigenvalue weighted by molar-refractivity contribution is 0.771. The Kier molecular flexibility index (Phi) is 2.83. The van der Waals surface area contributed by atoms with Crippen LogP contribution in [0.4, 0.5) is 0 Å². The molecule has 1 aromatic heterocycles. The van der Waals surface area contributed by atoms with Crippen LogP contribution in [0.5, 0.6) is 0 Å². The van der Waals surface area contributed by atoms with E-state index in [1.807, 2.05) is 31.0 Å². The van der Waals surface area contributed by atoms with Crippen molar-refractivity contribution in [3.63, 3.8) is 0 Å². The smallest absolute Gasteiger partial charge is 0.0923 e. The van der Waals surface area contributed by atoms with Gasteiger partial charge in [-0.1, -0.05) is 24.3 Å². The summed E-state index contributed by atoms with van der Waals surface area (Å²) in [5.41, 5.74) is 3.47. The Balaban J connectivity index is 2.23. The molecule has 0 spiro atoms. The van der Waals surface area contributed by atoms with E-state index in [1.165, 1.54) is 5.56 Å². The number of nitrogens with one attached hydrogen (secondary N) is 1. The first-order valence-electron chi connectivity index (χ1n) is 5.03. The third kappa shape index (κ3) is 2.25. The van der Waals surface area contributed by atoms with Crippen LogP contribution >= 0.6 is 0 Å². The molecule has 3 heteroatoms. The highest BCUT2D eigenvalue weighted by Gasteiger charge is 2.00. The molecule has 0 unspecified atom stereocenters. The summed E-state index contributed by atoms with van der Waals surface area (Å²) in [6.45, 7) is 0.905. The highest BCUT2D eigenvalue weighted by Crippen LogP contribution is 2.17. The van der Waals surface area contributed by atoms with Gasteiger partial charge in [0.05, 0.1) is 5.69 Å². The Morgan fingerprint density at radius 3 is 2.47 bits per heavy atom.